The third-order valence-corrected chi connectivity index (χ3v) is 21.8. The van der Waals surface area contributed by atoms with Gasteiger partial charge in [-0.2, -0.15) is 15.3 Å². The predicted octanol–water partition coefficient (Wildman–Crippen LogP) is 28.7. The molecule has 0 aliphatic rings. The van der Waals surface area contributed by atoms with Crippen LogP contribution in [0.5, 0.6) is 17.2 Å². The Hall–Kier alpha value is -11.2. The summed E-state index contributed by atoms with van der Waals surface area (Å²) >= 11 is 10.6. The largest absolute Gasteiger partial charge is 0.508 e. The van der Waals surface area contributed by atoms with Gasteiger partial charge in [-0.05, 0) is 225 Å². The molecule has 12 nitrogen and oxygen atoms in total. The number of halogens is 3. The zero-order valence-corrected chi connectivity index (χ0v) is 74.7. The molecule has 15 heteroatoms. The van der Waals surface area contributed by atoms with E-state index in [0.29, 0.717) is 0 Å². The van der Waals surface area contributed by atoms with Gasteiger partial charge in [-0.3, -0.25) is 14.2 Å². The summed E-state index contributed by atoms with van der Waals surface area (Å²) in [4.78, 5) is 9.22. The van der Waals surface area contributed by atoms with Crippen molar-refractivity contribution < 1.29 is 9.84 Å². The predicted molar refractivity (Wildman–Crippen MR) is 496 cm³/mol. The highest BCUT2D eigenvalue weighted by atomic mass is 79.9. The number of fused-ring (bicyclic) bond motifs is 6. The molecule has 0 unspecified atom stereocenters. The van der Waals surface area contributed by atoms with Gasteiger partial charge in [0.05, 0.1) is 50.5 Å². The Morgan fingerprint density at radius 2 is 0.741 bits per heavy atom. The molecule has 0 saturated heterocycles. The van der Waals surface area contributed by atoms with E-state index in [1.807, 2.05) is 105 Å². The first-order valence-electron chi connectivity index (χ1n) is 39.4. The number of pyridine rings is 2. The van der Waals surface area contributed by atoms with Crippen LogP contribution in [-0.4, -0.2) is 54.0 Å². The van der Waals surface area contributed by atoms with E-state index in [1.165, 1.54) is 55.5 Å². The maximum Gasteiger partial charge on any atom is 0.137 e. The molecule has 0 saturated carbocycles. The van der Waals surface area contributed by atoms with Crippen LogP contribution in [0.1, 0.15) is 138 Å². The second kappa shape index (κ2) is 35.9. The van der Waals surface area contributed by atoms with Gasteiger partial charge in [-0.15, -0.1) is 0 Å². The number of nitrogens with one attached hydrogen (secondary N) is 1. The number of hydrogen-bond donors (Lipinski definition) is 2. The zero-order valence-electron chi connectivity index (χ0n) is 69.9. The van der Waals surface area contributed by atoms with Crippen LogP contribution in [0.3, 0.4) is 0 Å². The van der Waals surface area contributed by atoms with Crippen LogP contribution in [0.25, 0.3) is 100 Å². The van der Waals surface area contributed by atoms with Crippen LogP contribution in [0, 0.1) is 55.4 Å². The van der Waals surface area contributed by atoms with Gasteiger partial charge in [-0.25, -0.2) is 19.3 Å². The van der Waals surface area contributed by atoms with Crippen molar-refractivity contribution >= 4 is 91.4 Å². The smallest absolute Gasteiger partial charge is 0.137 e. The van der Waals surface area contributed by atoms with Crippen molar-refractivity contribution in [3.63, 3.8) is 0 Å². The Bertz CT molecular complexity index is 6270. The quantitative estimate of drug-likeness (QED) is 0.147. The lowest BCUT2D eigenvalue weighted by molar-refractivity contribution is 0.476. The van der Waals surface area contributed by atoms with Crippen molar-refractivity contribution in [3.05, 3.63) is 343 Å². The van der Waals surface area contributed by atoms with Gasteiger partial charge in [0.2, 0.25) is 0 Å². The third-order valence-electron chi connectivity index (χ3n) is 20.4. The van der Waals surface area contributed by atoms with E-state index in [2.05, 4.69) is 363 Å². The van der Waals surface area contributed by atoms with Gasteiger partial charge in [0.15, 0.2) is 0 Å². The summed E-state index contributed by atoms with van der Waals surface area (Å²) in [7, 11) is 0. The first kappa shape index (κ1) is 84.2. The fraction of sp³-hybridized carbons (Fsp3) is 0.218. The summed E-state index contributed by atoms with van der Waals surface area (Å²) in [5.74, 6) is 3.57. The van der Waals surface area contributed by atoms with Crippen LogP contribution in [0.4, 0.5) is 0 Å². The summed E-state index contributed by atoms with van der Waals surface area (Å²) in [5, 5.41) is 31.4. The van der Waals surface area contributed by atoms with Gasteiger partial charge in [-0.1, -0.05) is 251 Å². The first-order valence-corrected chi connectivity index (χ1v) is 41.8. The number of para-hydroxylation sites is 2. The van der Waals surface area contributed by atoms with Gasteiger partial charge >= 0.3 is 0 Å². The number of benzene rings is 10. The molecule has 0 fully saturated rings. The van der Waals surface area contributed by atoms with E-state index in [9.17, 15) is 5.11 Å². The van der Waals surface area contributed by atoms with Crippen molar-refractivity contribution in [2.75, 3.05) is 0 Å². The topological polar surface area (TPSA) is 129 Å². The highest BCUT2D eigenvalue weighted by Gasteiger charge is 2.24. The molecule has 116 heavy (non-hydrogen) atoms. The number of ether oxygens (including phenoxy) is 1. The van der Waals surface area contributed by atoms with Crippen molar-refractivity contribution in [1.29, 1.82) is 0 Å². The number of aryl methyl sites for hydroxylation is 6. The van der Waals surface area contributed by atoms with Crippen LogP contribution in [0.2, 0.25) is 0 Å². The van der Waals surface area contributed by atoms with E-state index < -0.39 is 0 Å². The maximum atomic E-state index is 9.85. The Labute approximate surface area is 708 Å². The number of aromatic hydroxyl groups is 1. The minimum atomic E-state index is -0.0836. The zero-order chi connectivity index (χ0) is 83.1. The number of phenolic OH excluding ortho intramolecular Hbond substituents is 1. The van der Waals surface area contributed by atoms with Crippen molar-refractivity contribution in [2.24, 2.45) is 0 Å². The van der Waals surface area contributed by atoms with Gasteiger partial charge in [0, 0.05) is 99.3 Å². The highest BCUT2D eigenvalue weighted by molar-refractivity contribution is 9.11. The molecular weight excluding hydrogens is 1620 g/mol. The molecular formula is C101H103Br3N10O2. The Balaban J connectivity index is 0.000000146. The van der Waals surface area contributed by atoms with Crippen LogP contribution < -0.4 is 4.74 Å². The van der Waals surface area contributed by atoms with Gasteiger partial charge in [0.25, 0.3) is 0 Å². The number of H-pyrrole nitrogens is 1. The maximum absolute atomic E-state index is 9.85. The molecule has 10 aromatic carbocycles. The molecule has 7 heterocycles. The molecule has 2 N–H and O–H groups in total. The van der Waals surface area contributed by atoms with E-state index >= 15 is 0 Å². The lowest BCUT2D eigenvalue weighted by Gasteiger charge is -2.22. The molecule has 590 valence electrons. The minimum Gasteiger partial charge on any atom is -0.508 e. The molecule has 17 aromatic rings. The fourth-order valence-electron chi connectivity index (χ4n) is 14.6. The molecule has 0 amide bonds. The molecule has 0 spiro atoms. The molecule has 0 aliphatic heterocycles. The molecule has 0 radical (unpaired) electrons. The molecule has 0 atom stereocenters. The standard InChI is InChI=1S/C39H36N4O.C21H23BrN2.C18H14N2O.C11H12N2.C10H12Br2.C2H6/c1-25-18-19-40-37(20-25)42-35-15-11-10-14-33(35)34-17-16-31(24-36(34)42)44-32-22-29(39(4,5)6)21-30(23-32)43-27(3)38(26(2)41-43)28-12-8-7-9-13-28;1-14-20(16-9-7-6-8-10-16)15(2)24(23-14)19-12-17(21(3,4)5)11-18(22)13-19;1-12-8-9-19-18(10-12)20-16-5-3-2-4-14(16)15-7-6-13(21)11-17(15)20;1-8-11(9(2)13-12-8)10-6-4-3-5-7-10;1-10(2,3)7-4-8(11)6-9(12)5-7;1-2/h7-24H,1-6H3;6-13H,1-5H3;2-11,21H,1H3;3-7H,1-2H3,(H,12,13);4-6H,1-3H3;1-2H3. The first-order chi connectivity index (χ1) is 55.4. The summed E-state index contributed by atoms with van der Waals surface area (Å²) < 4.78 is 18.4. The molecule has 0 aliphatic carbocycles. The Morgan fingerprint density at radius 3 is 1.18 bits per heavy atom. The SMILES string of the molecule is CC.CC(C)(C)c1cc(Br)cc(Br)c1.Cc1ccnc(-n2c3ccccc3c3ccc(O)cc32)c1.Cc1ccnc(-n2c3ccccc3c3ccc(Oc4cc(-n5nc(C)c(-c6ccccc6)c5C)cc(C(C)(C)C)c4)cc32)c1.Cc1n[nH]c(C)c1-c1ccccc1.Cc1nn(-c2cc(Br)cc(C(C)(C)C)c2)c(C)c1-c1ccccc1. The average molecular weight is 1730 g/mol. The normalized spacial score (nSPS) is 11.4. The second-order valence-electron chi connectivity index (χ2n) is 32.2. The Kier molecular flexibility index (Phi) is 26.0. The minimum absolute atomic E-state index is 0.0836. The fourth-order valence-corrected chi connectivity index (χ4v) is 16.4. The summed E-state index contributed by atoms with van der Waals surface area (Å²) in [6, 6.07) is 87.3. The summed E-state index contributed by atoms with van der Waals surface area (Å²) in [6.45, 7) is 40.7. The van der Waals surface area contributed by atoms with Crippen LogP contribution in [-0.2, 0) is 16.2 Å². The lowest BCUT2D eigenvalue weighted by atomic mass is 9.86. The number of phenols is 1. The molecule has 0 bridgehead atoms. The van der Waals surface area contributed by atoms with Crippen LogP contribution in [0.15, 0.2) is 281 Å². The average Bonchev–Trinajstić information content (AvgIpc) is 1.60. The summed E-state index contributed by atoms with van der Waals surface area (Å²) in [6.07, 6.45) is 3.68. The van der Waals surface area contributed by atoms with Crippen LogP contribution >= 0.6 is 47.8 Å². The van der Waals surface area contributed by atoms with E-state index in [4.69, 9.17) is 19.9 Å². The number of rotatable bonds is 9. The van der Waals surface area contributed by atoms with Crippen molar-refractivity contribution in [2.45, 2.75) is 148 Å². The number of nitrogens with zero attached hydrogens (tertiary/aromatic N) is 9. The van der Waals surface area contributed by atoms with E-state index in [1.54, 1.807) is 12.1 Å². The monoisotopic (exact) mass is 1720 g/mol. The number of aromatic amines is 1. The Morgan fingerprint density at radius 1 is 0.353 bits per heavy atom. The van der Waals surface area contributed by atoms with Gasteiger partial charge in [0.1, 0.15) is 28.9 Å². The van der Waals surface area contributed by atoms with Crippen molar-refractivity contribution in [1.82, 2.24) is 48.9 Å². The summed E-state index contributed by atoms with van der Waals surface area (Å²) in [5.41, 5.74) is 26.4. The van der Waals surface area contributed by atoms with Crippen molar-refractivity contribution in [3.8, 4) is 73.6 Å². The van der Waals surface area contributed by atoms with E-state index in [0.717, 1.165) is 131 Å². The highest BCUT2D eigenvalue weighted by Crippen LogP contribution is 2.41. The number of hydrogen-bond acceptors (Lipinski definition) is 7. The van der Waals surface area contributed by atoms with E-state index in [-0.39, 0.29) is 22.0 Å². The molecule has 17 rings (SSSR count). The second-order valence-corrected chi connectivity index (χ2v) is 35.0. The third kappa shape index (κ3) is 19.1. The van der Waals surface area contributed by atoms with Gasteiger partial charge < -0.3 is 9.84 Å². The number of aromatic nitrogens is 10. The molecule has 7 aromatic heterocycles. The lowest BCUT2D eigenvalue weighted by Crippen LogP contribution is -2.12.